The SMILES string of the molecule is CC(=O)N[C@H]1[C@@H](OCc2ccccc2)O[C@@H](CN=[N+]=N)[C@@H](N=[N+]=N)[C@H]1N=[N+]=N.O.[N-]=[N+]=NC[C@@H]1OC(O)[C@H](O)[C@H](N=[N+]=N)[C@@H]1O.[N-]=[N+]=Nc1ccc(/C=C/c2ccc(N=[N+]=N)cc2S(=O)(=O)[O-])c(S(=O)(=O)O)c1.[N-]=[N+]=Nc1ccc(C(=O)NCCSSCCNC(=O)c2ccc(N=[N+]=N)cc2O)c(O)c1.[N-]=[N+]=Nc1ccc(Oc2ccc(N=[N+]=[N-])cc2)cc1.[N-]=[N+]=Nc1ccc(S(=O)(=O)c2ccc(N=[N+]=N)cc2)cc1.[Na+].[Na+]. The molecule has 10 atom stereocenters. The summed E-state index contributed by atoms with van der Waals surface area (Å²) >= 11 is 0. The Morgan fingerprint density at radius 3 is 1.27 bits per heavy atom. The fourth-order valence-corrected chi connectivity index (χ4v) is 16.4. The van der Waals surface area contributed by atoms with Gasteiger partial charge in [-0.1, -0.05) is 131 Å². The van der Waals surface area contributed by atoms with Crippen LogP contribution in [0.5, 0.6) is 23.0 Å². The molecule has 0 aliphatic carbocycles. The van der Waals surface area contributed by atoms with Crippen LogP contribution in [-0.4, -0.2) is 182 Å². The van der Waals surface area contributed by atoms with Crippen molar-refractivity contribution in [3.05, 3.63) is 291 Å². The average molecular weight is 2140 g/mol. The van der Waals surface area contributed by atoms with E-state index in [-0.39, 0.29) is 156 Å². The monoisotopic (exact) mass is 2130 g/mol. The van der Waals surface area contributed by atoms with Gasteiger partial charge in [0.25, 0.3) is 21.9 Å². The van der Waals surface area contributed by atoms with Gasteiger partial charge in [-0.05, 0) is 177 Å². The maximum Gasteiger partial charge on any atom is 1.00 e. The van der Waals surface area contributed by atoms with Gasteiger partial charge in [0, 0.05) is 95.5 Å². The number of azide groups is 6. The number of aliphatic hydroxyl groups is 3. The first-order valence-corrected chi connectivity index (χ1v) is 46.6. The predicted octanol–water partition coefficient (Wildman–Crippen LogP) is 8.56. The number of carbonyl (C=O) groups is 3. The quantitative estimate of drug-likeness (QED) is 0.00255. The molecule has 1 unspecified atom stereocenters. The molecule has 0 radical (unpaired) electrons. The van der Waals surface area contributed by atoms with Crippen molar-refractivity contribution in [2.75, 3.05) is 37.7 Å². The van der Waals surface area contributed by atoms with Crippen LogP contribution in [0.25, 0.3) is 74.8 Å². The maximum atomic E-state index is 12.4. The van der Waals surface area contributed by atoms with Crippen molar-refractivity contribution in [1.29, 1.82) is 38.7 Å². The molecule has 3 amide bonds. The maximum absolute atomic E-state index is 12.4. The Kier molecular flexibility index (Phi) is 55.9. The molecule has 9 aromatic carbocycles. The number of carbonyl (C=O) groups excluding carboxylic acids is 3. The second-order valence-electron chi connectivity index (χ2n) is 27.5. The number of rotatable bonds is 36. The van der Waals surface area contributed by atoms with Gasteiger partial charge in [-0.3, -0.25) is 18.9 Å². The van der Waals surface area contributed by atoms with Gasteiger partial charge < -0.3 is 70.5 Å². The molecule has 0 aromatic heterocycles. The van der Waals surface area contributed by atoms with Gasteiger partial charge in [0.15, 0.2) is 69.7 Å². The van der Waals surface area contributed by atoms with Crippen LogP contribution in [0.1, 0.15) is 44.3 Å². The molecule has 748 valence electrons. The van der Waals surface area contributed by atoms with Crippen LogP contribution in [0.2, 0.25) is 0 Å². The van der Waals surface area contributed by atoms with E-state index in [1.165, 1.54) is 138 Å². The summed E-state index contributed by atoms with van der Waals surface area (Å²) in [6.07, 6.45) is -4.80. The Labute approximate surface area is 879 Å². The van der Waals surface area contributed by atoms with E-state index in [0.717, 1.165) is 29.8 Å². The number of hydrogen-bond donors (Lipinski definition) is 16. The Morgan fingerprint density at radius 1 is 0.463 bits per heavy atom. The van der Waals surface area contributed by atoms with Crippen molar-refractivity contribution < 1.29 is 158 Å². The summed E-state index contributed by atoms with van der Waals surface area (Å²) in [5, 5.41) is 101. The molecular formula is C77H80N42Na2O21S5+8. The fraction of sp³-hybridized carbons (Fsp3) is 0.234. The number of nitrogens with zero attached hydrogens (tertiary/aromatic N) is 32. The number of aromatic hydroxyl groups is 2. The Hall–Kier alpha value is -16.2. The standard InChI is InChI=1S/C18H18N8O4S2.C15H20N10O3.C14H10N6O6S2.C12H9N6O2S.C12H8N6O.C6H11N6O4.2Na.H2O/c19-25-23-11-1-3-13(15(27)9-11)17(29)21-5-7-31-32-8-6-22-18(30)14-4-2-12(24-26-20)10-16(14)28;1-9(26)20-14-13(22-25-18)12(21-24-17)11(7-19-23-16)28-15(14)27-8-10-5-3-2-4-6-10;15-19-17-11-5-3-9(13(7-11)27(21,22)23)1-2-10-4-6-12(18-20-16)8-14(10)28(24,25)26;13-17-15-9-1-5-11(6-2-9)21(19,20)12-7-3-10(4-8-12)16-18-14;13-17-15-9-1-5-11(6-2-9)19-12-7-3-10(4-8-12)16-18-14;7-11-9-1-2-4(13)3(10-12-8)5(14)6(15)16-2;;;/h1-4,9-10,19H,5-8H2,(H3-,21,22,27,28,29,30);2-6,11-18H,7-8H2,1H3;1-8,15H,(H-,21,22,23,24,25,26);1-8,13H;1-8H;2-6,8,13-15H,1H2;;;1H2/q;+2;;+1;;3*+1;/p+2/b;;2-1+;;;;;;/t;11-,12+,13+,14+,15-;;;;2-,3+,4+,5+,6?;;;/m.0...0.../s1. The number of aliphatic hydroxyl groups excluding tert-OH is 3. The zero-order chi connectivity index (χ0) is 106. The molecule has 63 nitrogen and oxygen atoms in total. The van der Waals surface area contributed by atoms with Gasteiger partial charge in [0.05, 0.1) is 45.1 Å². The van der Waals surface area contributed by atoms with Crippen LogP contribution in [0, 0.1) is 38.7 Å². The van der Waals surface area contributed by atoms with Crippen molar-refractivity contribution >= 4 is 127 Å². The van der Waals surface area contributed by atoms with Gasteiger partial charge in [0.1, 0.15) is 122 Å². The zero-order valence-corrected chi connectivity index (χ0v) is 84.3. The second-order valence-corrected chi connectivity index (χ2v) is 34.9. The minimum absolute atomic E-state index is 0. The zero-order valence-electron chi connectivity index (χ0n) is 76.2. The molecule has 147 heavy (non-hydrogen) atoms. The summed E-state index contributed by atoms with van der Waals surface area (Å²) < 4.78 is 114. The van der Waals surface area contributed by atoms with E-state index in [0.29, 0.717) is 58.8 Å². The summed E-state index contributed by atoms with van der Waals surface area (Å²) in [5.41, 5.74) is 100. The van der Waals surface area contributed by atoms with Crippen LogP contribution in [0.3, 0.4) is 0 Å². The van der Waals surface area contributed by atoms with Crippen molar-refractivity contribution in [2.24, 2.45) is 66.5 Å². The third-order valence-corrected chi connectivity index (χ3v) is 24.2. The molecule has 2 aliphatic rings. The molecule has 0 bridgehead atoms. The van der Waals surface area contributed by atoms with E-state index in [2.05, 4.69) is 146 Å². The predicted molar refractivity (Wildman–Crippen MR) is 505 cm³/mol. The molecule has 0 spiro atoms. The minimum atomic E-state index is -4.92. The van der Waals surface area contributed by atoms with E-state index < -0.39 is 113 Å². The van der Waals surface area contributed by atoms with E-state index in [1.54, 1.807) is 48.5 Å². The molecular weight excluding hydrogens is 2060 g/mol. The number of phenols is 2. The molecule has 0 saturated carbocycles. The first-order chi connectivity index (χ1) is 69.1. The summed E-state index contributed by atoms with van der Waals surface area (Å²) in [6.45, 7) is 1.99. The van der Waals surface area contributed by atoms with Crippen LogP contribution in [-0.2, 0) is 55.7 Å². The smallest absolute Gasteiger partial charge is 0.744 e. The molecule has 18 N–H and O–H groups in total. The largest absolute Gasteiger partial charge is 1.00 e. The topological polar surface area (TPSA) is 1050 Å². The van der Waals surface area contributed by atoms with E-state index >= 15 is 0 Å². The molecule has 2 aliphatic heterocycles. The summed E-state index contributed by atoms with van der Waals surface area (Å²) in [4.78, 5) is 70.7. The molecule has 11 rings (SSSR count). The summed E-state index contributed by atoms with van der Waals surface area (Å²) in [5.74, 6) is 0.700. The third kappa shape index (κ3) is 41.6. The summed E-state index contributed by atoms with van der Waals surface area (Å²) in [6, 6.07) is 45.3. The van der Waals surface area contributed by atoms with Crippen LogP contribution < -0.4 is 114 Å². The van der Waals surface area contributed by atoms with Gasteiger partial charge >= 0.3 is 59.1 Å². The second kappa shape index (κ2) is 65.8. The number of amides is 3. The molecule has 9 aromatic rings. The number of benzene rings is 9. The van der Waals surface area contributed by atoms with Crippen molar-refractivity contribution in [2.45, 2.75) is 94.3 Å². The number of hydrogen-bond acceptors (Lipinski definition) is 41. The first kappa shape index (κ1) is 125. The average Bonchev–Trinajstić information content (AvgIpc) is 0.758. The van der Waals surface area contributed by atoms with Crippen molar-refractivity contribution in [3.63, 3.8) is 0 Å². The van der Waals surface area contributed by atoms with Crippen LogP contribution in [0.15, 0.2) is 286 Å². The number of phenolic OH excluding ortho intramolecular Hbond substituents is 2. The fourth-order valence-electron chi connectivity index (χ4n) is 11.9. The van der Waals surface area contributed by atoms with E-state index in [1.807, 2.05) is 30.3 Å². The van der Waals surface area contributed by atoms with Gasteiger partial charge in [-0.2, -0.15) is 8.42 Å². The molecule has 70 heteroatoms. The van der Waals surface area contributed by atoms with Crippen molar-refractivity contribution in [3.8, 4) is 23.0 Å². The van der Waals surface area contributed by atoms with Gasteiger partial charge in [-0.15, -0.1) is 0 Å². The number of ether oxygens (including phenoxy) is 4. The minimum Gasteiger partial charge on any atom is -0.744 e. The Bertz CT molecular complexity index is 6850. The molecule has 2 fully saturated rings. The normalized spacial score (nSPS) is 16.1. The Balaban J connectivity index is 0.000000457. The first-order valence-electron chi connectivity index (χ1n) is 39.8. The van der Waals surface area contributed by atoms with Gasteiger partial charge in [0.2, 0.25) is 50.1 Å². The van der Waals surface area contributed by atoms with Gasteiger partial charge in [-0.25, -0.2) is 16.8 Å². The van der Waals surface area contributed by atoms with E-state index in [9.17, 15) is 74.3 Å². The van der Waals surface area contributed by atoms with Crippen LogP contribution >= 0.6 is 21.6 Å². The van der Waals surface area contributed by atoms with Crippen LogP contribution in [0.4, 0.5) is 45.5 Å². The molecule has 2 heterocycles. The molecule has 2 saturated heterocycles. The van der Waals surface area contributed by atoms with Crippen molar-refractivity contribution in [1.82, 2.24) is 50.3 Å². The summed E-state index contributed by atoms with van der Waals surface area (Å²) in [7, 11) is -10.3. The number of nitrogens with one attached hydrogen (secondary N) is 10. The van der Waals surface area contributed by atoms with E-state index in [4.69, 9.17) is 90.9 Å². The Morgan fingerprint density at radius 2 is 0.850 bits per heavy atom. The third-order valence-electron chi connectivity index (χ3n) is 18.2. The number of sulfone groups is 1.